The lowest BCUT2D eigenvalue weighted by molar-refractivity contribution is -0.142. The number of carbonyl (C=O) groups excluding carboxylic acids is 1. The van der Waals surface area contributed by atoms with E-state index in [-0.39, 0.29) is 34.0 Å². The van der Waals surface area contributed by atoms with Crippen LogP contribution in [0, 0.1) is 6.92 Å². The average Bonchev–Trinajstić information content (AvgIpc) is 3.14. The van der Waals surface area contributed by atoms with E-state index in [1.807, 2.05) is 30.3 Å². The quantitative estimate of drug-likeness (QED) is 0.535. The van der Waals surface area contributed by atoms with Gasteiger partial charge in [0.2, 0.25) is 5.91 Å². The molecule has 0 radical (unpaired) electrons. The minimum absolute atomic E-state index is 0.0192. The van der Waals surface area contributed by atoms with Gasteiger partial charge >= 0.3 is 6.18 Å². The Kier molecular flexibility index (Phi) is 6.33. The summed E-state index contributed by atoms with van der Waals surface area (Å²) in [6.45, 7) is 1.96. The summed E-state index contributed by atoms with van der Waals surface area (Å²) < 4.78 is 41.4. The molecule has 3 rings (SSSR count). The van der Waals surface area contributed by atoms with E-state index in [9.17, 15) is 18.0 Å². The zero-order valence-corrected chi connectivity index (χ0v) is 17.5. The van der Waals surface area contributed by atoms with Crippen molar-refractivity contribution in [3.63, 3.8) is 0 Å². The van der Waals surface area contributed by atoms with Gasteiger partial charge in [-0.05, 0) is 28.4 Å². The Morgan fingerprint density at radius 3 is 2.55 bits per heavy atom. The number of nitrogens with one attached hydrogen (secondary N) is 1. The summed E-state index contributed by atoms with van der Waals surface area (Å²) >= 11 is 9.03. The number of alkyl halides is 3. The molecule has 2 heterocycles. The van der Waals surface area contributed by atoms with E-state index in [0.29, 0.717) is 6.54 Å². The maximum Gasteiger partial charge on any atom is 0.436 e. The molecular weight excluding hydrogens is 475 g/mol. The molecule has 0 fully saturated rings. The van der Waals surface area contributed by atoms with Crippen molar-refractivity contribution >= 4 is 39.3 Å². The molecule has 154 valence electrons. The zero-order valence-electron chi connectivity index (χ0n) is 15.2. The van der Waals surface area contributed by atoms with Gasteiger partial charge in [-0.3, -0.25) is 14.2 Å². The Morgan fingerprint density at radius 2 is 1.93 bits per heavy atom. The molecule has 0 aliphatic carbocycles. The van der Waals surface area contributed by atoms with Gasteiger partial charge in [0.25, 0.3) is 0 Å². The highest BCUT2D eigenvalue weighted by Gasteiger charge is 2.37. The van der Waals surface area contributed by atoms with Gasteiger partial charge in [0.05, 0.1) is 23.3 Å². The van der Waals surface area contributed by atoms with Crippen LogP contribution in [-0.4, -0.2) is 25.5 Å². The Balaban J connectivity index is 1.62. The normalized spacial score (nSPS) is 11.7. The van der Waals surface area contributed by atoms with Gasteiger partial charge in [-0.15, -0.1) is 0 Å². The maximum absolute atomic E-state index is 12.9. The first-order valence-corrected chi connectivity index (χ1v) is 9.69. The van der Waals surface area contributed by atoms with Gasteiger partial charge in [-0.25, -0.2) is 0 Å². The summed E-state index contributed by atoms with van der Waals surface area (Å²) in [5.41, 5.74) is 0.290. The maximum atomic E-state index is 12.9. The molecule has 6 nitrogen and oxygen atoms in total. The van der Waals surface area contributed by atoms with Crippen LogP contribution in [0.5, 0.6) is 0 Å². The fourth-order valence-electron chi connectivity index (χ4n) is 2.66. The van der Waals surface area contributed by atoms with Crippen LogP contribution in [0.3, 0.4) is 0 Å². The molecule has 0 saturated heterocycles. The number of halogens is 5. The topological polar surface area (TPSA) is 64.7 Å². The van der Waals surface area contributed by atoms with Crippen molar-refractivity contribution in [2.45, 2.75) is 32.6 Å². The Labute approximate surface area is 177 Å². The lowest BCUT2D eigenvalue weighted by Gasteiger charge is -2.05. The van der Waals surface area contributed by atoms with Crippen molar-refractivity contribution in [3.8, 4) is 0 Å². The molecular formula is C18H16BrClF3N5O. The summed E-state index contributed by atoms with van der Waals surface area (Å²) in [6, 6.07) is 9.59. The Hall–Kier alpha value is -2.33. The van der Waals surface area contributed by atoms with E-state index in [1.165, 1.54) is 6.92 Å². The van der Waals surface area contributed by atoms with Crippen LogP contribution in [0.4, 0.5) is 19.0 Å². The summed E-state index contributed by atoms with van der Waals surface area (Å²) in [6.07, 6.45) is -3.07. The smallest absolute Gasteiger partial charge is 0.308 e. The van der Waals surface area contributed by atoms with Crippen LogP contribution >= 0.6 is 27.5 Å². The minimum Gasteiger partial charge on any atom is -0.308 e. The molecule has 0 atom stereocenters. The van der Waals surface area contributed by atoms with Crippen LogP contribution in [0.2, 0.25) is 5.02 Å². The van der Waals surface area contributed by atoms with Crippen molar-refractivity contribution in [2.75, 3.05) is 5.32 Å². The summed E-state index contributed by atoms with van der Waals surface area (Å²) in [5, 5.41) is 10.6. The Morgan fingerprint density at radius 1 is 1.24 bits per heavy atom. The van der Waals surface area contributed by atoms with Crippen LogP contribution in [-0.2, 0) is 24.1 Å². The van der Waals surface area contributed by atoms with Crippen LogP contribution in [0.25, 0.3) is 0 Å². The second kappa shape index (κ2) is 8.58. The largest absolute Gasteiger partial charge is 0.436 e. The predicted octanol–water partition coefficient (Wildman–Crippen LogP) is 4.90. The second-order valence-electron chi connectivity index (χ2n) is 6.28. The standard InChI is InChI=1S/C18H16BrClF3N5O/c1-11-15(19)16(18(21,22)23)25-28(11)8-7-14(29)24-17-13(20)10-27(26-17)9-12-5-3-2-4-6-12/h2-6,10H,7-9H2,1H3,(H,24,26,29). The van der Waals surface area contributed by atoms with Crippen molar-refractivity contribution in [1.29, 1.82) is 0 Å². The molecule has 1 amide bonds. The van der Waals surface area contributed by atoms with Gasteiger partial charge < -0.3 is 5.32 Å². The first-order chi connectivity index (χ1) is 13.6. The molecule has 0 aliphatic rings. The highest BCUT2D eigenvalue weighted by molar-refractivity contribution is 9.10. The van der Waals surface area contributed by atoms with E-state index in [0.717, 1.165) is 10.2 Å². The van der Waals surface area contributed by atoms with E-state index in [1.54, 1.807) is 10.9 Å². The van der Waals surface area contributed by atoms with Crippen LogP contribution in [0.1, 0.15) is 23.4 Å². The van der Waals surface area contributed by atoms with Crippen LogP contribution in [0.15, 0.2) is 41.0 Å². The molecule has 0 spiro atoms. The first-order valence-electron chi connectivity index (χ1n) is 8.52. The third-order valence-corrected chi connectivity index (χ3v) is 5.34. The third-order valence-electron chi connectivity index (χ3n) is 4.11. The number of nitrogens with zero attached hydrogens (tertiary/aromatic N) is 4. The SMILES string of the molecule is Cc1c(Br)c(C(F)(F)F)nn1CCC(=O)Nc1nn(Cc2ccccc2)cc1Cl. The number of anilines is 1. The molecule has 1 N–H and O–H groups in total. The van der Waals surface area contributed by atoms with Gasteiger partial charge in [0, 0.05) is 12.6 Å². The van der Waals surface area contributed by atoms with E-state index >= 15 is 0 Å². The van der Waals surface area contributed by atoms with Gasteiger partial charge in [0.1, 0.15) is 5.02 Å². The second-order valence-corrected chi connectivity index (χ2v) is 7.48. The average molecular weight is 491 g/mol. The Bertz CT molecular complexity index is 1020. The molecule has 29 heavy (non-hydrogen) atoms. The molecule has 0 unspecified atom stereocenters. The first kappa shape index (κ1) is 21.4. The number of aromatic nitrogens is 4. The lowest BCUT2D eigenvalue weighted by atomic mass is 10.2. The van der Waals surface area contributed by atoms with E-state index in [4.69, 9.17) is 11.6 Å². The van der Waals surface area contributed by atoms with Gasteiger partial charge in [-0.2, -0.15) is 23.4 Å². The number of carbonyl (C=O) groups is 1. The number of hydrogen-bond donors (Lipinski definition) is 1. The monoisotopic (exact) mass is 489 g/mol. The van der Waals surface area contributed by atoms with Crippen molar-refractivity contribution in [2.24, 2.45) is 0 Å². The summed E-state index contributed by atoms with van der Waals surface area (Å²) in [5.74, 6) is -0.238. The minimum atomic E-state index is -4.57. The molecule has 0 saturated carbocycles. The molecule has 0 bridgehead atoms. The van der Waals surface area contributed by atoms with Crippen molar-refractivity contribution in [3.05, 3.63) is 63.0 Å². The van der Waals surface area contributed by atoms with Gasteiger partial charge in [-0.1, -0.05) is 41.9 Å². The molecule has 11 heteroatoms. The fraction of sp³-hybridized carbons (Fsp3) is 0.278. The van der Waals surface area contributed by atoms with Crippen molar-refractivity contribution in [1.82, 2.24) is 19.6 Å². The zero-order chi connectivity index (χ0) is 21.2. The fourth-order valence-corrected chi connectivity index (χ4v) is 3.36. The molecule has 0 aliphatic heterocycles. The third kappa shape index (κ3) is 5.18. The highest BCUT2D eigenvalue weighted by atomic mass is 79.9. The molecule has 3 aromatic rings. The summed E-state index contributed by atoms with van der Waals surface area (Å²) in [4.78, 5) is 12.2. The van der Waals surface area contributed by atoms with E-state index < -0.39 is 17.8 Å². The summed E-state index contributed by atoms with van der Waals surface area (Å²) in [7, 11) is 0. The molecule has 1 aromatic carbocycles. The van der Waals surface area contributed by atoms with Crippen LogP contribution < -0.4 is 5.32 Å². The number of benzene rings is 1. The van der Waals surface area contributed by atoms with Crippen molar-refractivity contribution < 1.29 is 18.0 Å². The van der Waals surface area contributed by atoms with Gasteiger partial charge in [0.15, 0.2) is 11.5 Å². The molecule has 2 aromatic heterocycles. The number of rotatable bonds is 6. The number of amides is 1. The van der Waals surface area contributed by atoms with E-state index in [2.05, 4.69) is 31.4 Å². The number of aryl methyl sites for hydroxylation is 1. The highest BCUT2D eigenvalue weighted by Crippen LogP contribution is 2.35. The predicted molar refractivity (Wildman–Crippen MR) is 106 cm³/mol. The number of hydrogen-bond acceptors (Lipinski definition) is 3. The lowest BCUT2D eigenvalue weighted by Crippen LogP contribution is -2.17.